The van der Waals surface area contributed by atoms with Crippen LogP contribution >= 0.6 is 7.82 Å². The second-order valence-electron chi connectivity index (χ2n) is 18.4. The second kappa shape index (κ2) is 50.8. The third-order valence-electron chi connectivity index (χ3n) is 11.7. The molecular weight excluding hydrogens is 880 g/mol. The van der Waals surface area contributed by atoms with Gasteiger partial charge >= 0.3 is 25.7 Å². The van der Waals surface area contributed by atoms with E-state index in [-0.39, 0.29) is 25.9 Å². The van der Waals surface area contributed by atoms with E-state index in [0.717, 1.165) is 96.3 Å². The Hall–Kier alpha value is -2.56. The molecule has 0 aromatic heterocycles. The summed E-state index contributed by atoms with van der Waals surface area (Å²) < 4.78 is 39.4. The Bertz CT molecular complexity index is 1330. The van der Waals surface area contributed by atoms with Gasteiger partial charge in [0, 0.05) is 19.3 Å². The lowest BCUT2D eigenvalue weighted by Gasteiger charge is -2.21. The van der Waals surface area contributed by atoms with Crippen LogP contribution in [0.15, 0.2) is 48.6 Å². The average molecular weight is 981 g/mol. The van der Waals surface area contributed by atoms with Crippen LogP contribution in [-0.2, 0) is 42.2 Å². The van der Waals surface area contributed by atoms with Crippen LogP contribution in [0.25, 0.3) is 0 Å². The molecule has 3 atom stereocenters. The molecule has 0 saturated heterocycles. The molecule has 0 fully saturated rings. The van der Waals surface area contributed by atoms with Gasteiger partial charge in [0.2, 0.25) is 0 Å². The number of aliphatic hydroxyl groups is 1. The van der Waals surface area contributed by atoms with Crippen molar-refractivity contribution in [1.29, 1.82) is 0 Å². The molecule has 396 valence electrons. The Morgan fingerprint density at radius 2 is 0.779 bits per heavy atom. The molecule has 0 rings (SSSR count). The fraction of sp³-hybridized carbons (Fsp3) is 0.804. The lowest BCUT2D eigenvalue weighted by atomic mass is 10.0. The molecular formula is C56H101O11P. The summed E-state index contributed by atoms with van der Waals surface area (Å²) in [6.45, 7) is 4.46. The van der Waals surface area contributed by atoms with Gasteiger partial charge < -0.3 is 24.2 Å². The molecule has 0 spiro atoms. The Morgan fingerprint density at radius 3 is 1.25 bits per heavy atom. The highest BCUT2D eigenvalue weighted by Gasteiger charge is 2.28. The Balaban J connectivity index is 4.71. The lowest BCUT2D eigenvalue weighted by Crippen LogP contribution is -2.30. The number of phosphoric ester groups is 1. The first-order chi connectivity index (χ1) is 33.2. The van der Waals surface area contributed by atoms with E-state index in [1.807, 2.05) is 0 Å². The van der Waals surface area contributed by atoms with Crippen molar-refractivity contribution < 1.29 is 52.2 Å². The number of hydrogen-bond acceptors (Lipinski definition) is 10. The van der Waals surface area contributed by atoms with Gasteiger partial charge in [-0.05, 0) is 70.6 Å². The molecule has 11 nitrogen and oxygen atoms in total. The molecule has 12 heteroatoms. The van der Waals surface area contributed by atoms with Gasteiger partial charge in [-0.15, -0.1) is 0 Å². The minimum atomic E-state index is -4.75. The molecule has 0 radical (unpaired) electrons. The maximum Gasteiger partial charge on any atom is 0.472 e. The molecule has 0 aliphatic rings. The molecule has 0 amide bonds. The third kappa shape index (κ3) is 48.5. The van der Waals surface area contributed by atoms with E-state index in [9.17, 15) is 28.9 Å². The predicted octanol–water partition coefficient (Wildman–Crippen LogP) is 15.8. The van der Waals surface area contributed by atoms with Gasteiger partial charge in [-0.2, -0.15) is 0 Å². The van der Waals surface area contributed by atoms with Crippen molar-refractivity contribution in [1.82, 2.24) is 0 Å². The number of carbonyl (C=O) groups excluding carboxylic acids is 3. The topological polar surface area (TPSA) is 155 Å². The van der Waals surface area contributed by atoms with Crippen LogP contribution in [0.4, 0.5) is 0 Å². The van der Waals surface area contributed by atoms with Crippen LogP contribution in [0.2, 0.25) is 0 Å². The van der Waals surface area contributed by atoms with Gasteiger partial charge in [-0.1, -0.05) is 211 Å². The smallest absolute Gasteiger partial charge is 0.462 e. The number of unbranched alkanes of at least 4 members (excludes halogenated alkanes) is 26. The lowest BCUT2D eigenvalue weighted by molar-refractivity contribution is -0.161. The molecule has 0 aliphatic heterocycles. The van der Waals surface area contributed by atoms with E-state index in [1.165, 1.54) is 96.3 Å². The summed E-state index contributed by atoms with van der Waals surface area (Å²) in [6.07, 6.45) is 52.2. The van der Waals surface area contributed by atoms with Crippen LogP contribution < -0.4 is 0 Å². The zero-order valence-electron chi connectivity index (χ0n) is 43.6. The standard InChI is InChI=1S/C56H101O11P/c1-4-7-10-13-16-19-22-24-25-26-27-29-32-35-38-41-44-47-56(60)67-53(49-63-54(58)45-42-39-36-33-30-21-18-15-12-9-6-3)51-65-68(61,62)64-50-52(48-57)66-55(59)46-43-40-37-34-31-28-23-20-17-14-11-8-5-2/h8,11,15,17-18,20,28,31,52-53,57H,4-7,9-10,12-14,16,19,21-27,29-30,32-51H2,1-3H3,(H,61,62)/b11-8-,18-15-,20-17-,31-28-. The van der Waals surface area contributed by atoms with Crippen molar-refractivity contribution in [2.24, 2.45) is 0 Å². The number of phosphoric acid groups is 1. The first-order valence-corrected chi connectivity index (χ1v) is 29.0. The highest BCUT2D eigenvalue weighted by molar-refractivity contribution is 7.47. The van der Waals surface area contributed by atoms with E-state index >= 15 is 0 Å². The molecule has 3 unspecified atom stereocenters. The summed E-state index contributed by atoms with van der Waals surface area (Å²) in [6, 6.07) is 0. The van der Waals surface area contributed by atoms with E-state index < -0.39 is 57.8 Å². The van der Waals surface area contributed by atoms with Crippen molar-refractivity contribution in [2.75, 3.05) is 26.4 Å². The number of rotatable bonds is 51. The van der Waals surface area contributed by atoms with Gasteiger partial charge in [-0.3, -0.25) is 23.4 Å². The monoisotopic (exact) mass is 981 g/mol. The van der Waals surface area contributed by atoms with Crippen molar-refractivity contribution in [2.45, 2.75) is 264 Å². The zero-order chi connectivity index (χ0) is 49.9. The van der Waals surface area contributed by atoms with Gasteiger partial charge in [0.1, 0.15) is 12.7 Å². The summed E-state index contributed by atoms with van der Waals surface area (Å²) in [5.74, 6) is -1.49. The van der Waals surface area contributed by atoms with Crippen LogP contribution in [0.3, 0.4) is 0 Å². The van der Waals surface area contributed by atoms with Gasteiger partial charge in [0.15, 0.2) is 6.10 Å². The summed E-state index contributed by atoms with van der Waals surface area (Å²) in [5, 5.41) is 9.78. The first-order valence-electron chi connectivity index (χ1n) is 27.5. The van der Waals surface area contributed by atoms with Crippen LogP contribution in [0, 0.1) is 0 Å². The number of aliphatic hydroxyl groups excluding tert-OH is 1. The van der Waals surface area contributed by atoms with Crippen LogP contribution in [-0.4, -0.2) is 66.5 Å². The summed E-state index contributed by atoms with van der Waals surface area (Å²) in [5.41, 5.74) is 0. The Labute approximate surface area is 415 Å². The number of allylic oxidation sites excluding steroid dienone is 8. The summed E-state index contributed by atoms with van der Waals surface area (Å²) in [4.78, 5) is 48.4. The normalized spacial score (nSPS) is 13.8. The summed E-state index contributed by atoms with van der Waals surface area (Å²) >= 11 is 0. The minimum Gasteiger partial charge on any atom is -0.462 e. The van der Waals surface area contributed by atoms with Crippen molar-refractivity contribution in [3.05, 3.63) is 48.6 Å². The van der Waals surface area contributed by atoms with E-state index in [2.05, 4.69) is 69.4 Å². The van der Waals surface area contributed by atoms with Crippen molar-refractivity contribution >= 4 is 25.7 Å². The number of ether oxygens (including phenoxy) is 3. The van der Waals surface area contributed by atoms with Crippen LogP contribution in [0.5, 0.6) is 0 Å². The third-order valence-corrected chi connectivity index (χ3v) is 12.7. The molecule has 0 aromatic rings. The molecule has 0 aromatic carbocycles. The maximum absolute atomic E-state index is 12.9. The largest absolute Gasteiger partial charge is 0.472 e. The molecule has 0 heterocycles. The number of carbonyl (C=O) groups is 3. The molecule has 0 saturated carbocycles. The summed E-state index contributed by atoms with van der Waals surface area (Å²) in [7, 11) is -4.75. The average Bonchev–Trinajstić information content (AvgIpc) is 3.32. The SMILES string of the molecule is CC/C=C\C/C=C\C/C=C\CCCCCC(=O)OC(CO)COP(=O)(O)OCC(COC(=O)CCCCCCC/C=C\CCCC)OC(=O)CCCCCCCCCCCCCCCCCCC. The van der Waals surface area contributed by atoms with Gasteiger partial charge in [0.05, 0.1) is 19.8 Å². The van der Waals surface area contributed by atoms with Crippen molar-refractivity contribution in [3.8, 4) is 0 Å². The Morgan fingerprint density at radius 1 is 0.426 bits per heavy atom. The molecule has 0 aliphatic carbocycles. The predicted molar refractivity (Wildman–Crippen MR) is 279 cm³/mol. The van der Waals surface area contributed by atoms with E-state index in [4.69, 9.17) is 23.3 Å². The molecule has 0 bridgehead atoms. The van der Waals surface area contributed by atoms with Crippen LogP contribution in [0.1, 0.15) is 252 Å². The van der Waals surface area contributed by atoms with E-state index in [0.29, 0.717) is 19.3 Å². The highest BCUT2D eigenvalue weighted by atomic mass is 31.2. The number of hydrogen-bond donors (Lipinski definition) is 2. The Kier molecular flexibility index (Phi) is 48.9. The maximum atomic E-state index is 12.9. The molecule has 2 N–H and O–H groups in total. The van der Waals surface area contributed by atoms with Gasteiger partial charge in [0.25, 0.3) is 0 Å². The minimum absolute atomic E-state index is 0.143. The van der Waals surface area contributed by atoms with Gasteiger partial charge in [-0.25, -0.2) is 4.57 Å². The first kappa shape index (κ1) is 65.4. The highest BCUT2D eigenvalue weighted by Crippen LogP contribution is 2.43. The van der Waals surface area contributed by atoms with E-state index in [1.54, 1.807) is 0 Å². The van der Waals surface area contributed by atoms with Crippen molar-refractivity contribution in [3.63, 3.8) is 0 Å². The second-order valence-corrected chi connectivity index (χ2v) is 19.8. The molecule has 68 heavy (non-hydrogen) atoms. The quantitative estimate of drug-likeness (QED) is 0.0197. The fourth-order valence-corrected chi connectivity index (χ4v) is 8.31. The fourth-order valence-electron chi connectivity index (χ4n) is 7.53. The number of esters is 3. The zero-order valence-corrected chi connectivity index (χ0v) is 44.5.